The molecule has 1 aliphatic heterocycles. The average molecular weight is 197 g/mol. The second-order valence-corrected chi connectivity index (χ2v) is 3.75. The number of nitrogens with zero attached hydrogens (tertiary/aromatic N) is 1. The third kappa shape index (κ3) is 1.05. The zero-order chi connectivity index (χ0) is 10.5. The number of fused-ring (bicyclic) bond motifs is 1. The molecule has 1 saturated heterocycles. The van der Waals surface area contributed by atoms with Crippen molar-refractivity contribution in [1.82, 2.24) is 4.90 Å². The predicted molar refractivity (Wildman–Crippen MR) is 44.9 cm³/mol. The number of imide groups is 1. The molecule has 1 aliphatic carbocycles. The molecular weight excluding hydrogens is 186 g/mol. The van der Waals surface area contributed by atoms with Crippen LogP contribution in [0.3, 0.4) is 0 Å². The van der Waals surface area contributed by atoms with E-state index in [4.69, 9.17) is 4.74 Å². The van der Waals surface area contributed by atoms with Gasteiger partial charge in [-0.3, -0.25) is 19.3 Å². The summed E-state index contributed by atoms with van der Waals surface area (Å²) in [7, 11) is 1.47. The van der Waals surface area contributed by atoms with Gasteiger partial charge in [-0.25, -0.2) is 0 Å². The molecule has 5 nitrogen and oxygen atoms in total. The zero-order valence-electron chi connectivity index (χ0n) is 8.02. The van der Waals surface area contributed by atoms with Gasteiger partial charge in [-0.15, -0.1) is 0 Å². The van der Waals surface area contributed by atoms with E-state index < -0.39 is 11.9 Å². The topological polar surface area (TPSA) is 63.7 Å². The van der Waals surface area contributed by atoms with Crippen molar-refractivity contribution in [2.75, 3.05) is 7.05 Å². The van der Waals surface area contributed by atoms with Gasteiger partial charge in [-0.2, -0.15) is 0 Å². The van der Waals surface area contributed by atoms with Gasteiger partial charge in [0.2, 0.25) is 11.8 Å². The number of hydrogen-bond acceptors (Lipinski definition) is 4. The fraction of sp³-hybridized carbons (Fsp3) is 0.667. The molecule has 0 aromatic rings. The number of ether oxygens (including phenoxy) is 1. The molecule has 0 spiro atoms. The lowest BCUT2D eigenvalue weighted by atomic mass is 9.72. The molecule has 2 aliphatic rings. The fourth-order valence-electron chi connectivity index (χ4n) is 2.11. The molecule has 0 radical (unpaired) electrons. The summed E-state index contributed by atoms with van der Waals surface area (Å²) in [5.74, 6) is -1.45. The summed E-state index contributed by atoms with van der Waals surface area (Å²) in [6.45, 7) is 1.30. The highest BCUT2D eigenvalue weighted by molar-refractivity contribution is 6.06. The van der Waals surface area contributed by atoms with E-state index in [1.54, 1.807) is 0 Å². The average Bonchev–Trinajstić information content (AvgIpc) is 2.22. The predicted octanol–water partition coefficient (Wildman–Crippen LogP) is -0.447. The number of carbonyl (C=O) groups is 3. The largest absolute Gasteiger partial charge is 0.462 e. The van der Waals surface area contributed by atoms with Crippen LogP contribution in [0.2, 0.25) is 0 Å². The fourth-order valence-corrected chi connectivity index (χ4v) is 2.11. The van der Waals surface area contributed by atoms with Gasteiger partial charge in [-0.05, 0) is 6.42 Å². The molecule has 1 heterocycles. The van der Waals surface area contributed by atoms with Crippen molar-refractivity contribution in [2.45, 2.75) is 19.4 Å². The second-order valence-electron chi connectivity index (χ2n) is 3.75. The summed E-state index contributed by atoms with van der Waals surface area (Å²) in [5.41, 5.74) is 0. The Labute approximate surface area is 81.0 Å². The van der Waals surface area contributed by atoms with Gasteiger partial charge in [0.15, 0.2) is 0 Å². The summed E-state index contributed by atoms with van der Waals surface area (Å²) in [6.07, 6.45) is 0.0954. The molecule has 76 valence electrons. The molecule has 2 fully saturated rings. The van der Waals surface area contributed by atoms with Crippen molar-refractivity contribution in [2.24, 2.45) is 11.8 Å². The highest BCUT2D eigenvalue weighted by Gasteiger charge is 2.59. The Balaban J connectivity index is 2.10. The van der Waals surface area contributed by atoms with Crippen LogP contribution >= 0.6 is 0 Å². The highest BCUT2D eigenvalue weighted by atomic mass is 16.5. The lowest BCUT2D eigenvalue weighted by Crippen LogP contribution is -2.45. The molecule has 0 bridgehead atoms. The summed E-state index contributed by atoms with van der Waals surface area (Å²) in [4.78, 5) is 34.7. The molecule has 2 amide bonds. The first-order valence-electron chi connectivity index (χ1n) is 4.51. The van der Waals surface area contributed by atoms with E-state index in [9.17, 15) is 14.4 Å². The Morgan fingerprint density at radius 1 is 1.43 bits per heavy atom. The van der Waals surface area contributed by atoms with Gasteiger partial charge in [0.25, 0.3) is 0 Å². The van der Waals surface area contributed by atoms with E-state index in [2.05, 4.69) is 0 Å². The number of esters is 1. The standard InChI is InChI=1S/C9H11NO4/c1-4(11)14-6-3-5-7(6)9(13)10(2)8(5)12/h5-7H,3H2,1-2H3. The normalized spacial score (nSPS) is 35.3. The number of hydrogen-bond donors (Lipinski definition) is 0. The van der Waals surface area contributed by atoms with E-state index in [-0.39, 0.29) is 23.8 Å². The molecule has 3 unspecified atom stereocenters. The minimum Gasteiger partial charge on any atom is -0.462 e. The highest BCUT2D eigenvalue weighted by Crippen LogP contribution is 2.43. The van der Waals surface area contributed by atoms with Gasteiger partial charge in [0, 0.05) is 14.0 Å². The summed E-state index contributed by atoms with van der Waals surface area (Å²) in [5, 5.41) is 0. The molecule has 3 atom stereocenters. The first-order chi connectivity index (χ1) is 6.52. The van der Waals surface area contributed by atoms with Crippen molar-refractivity contribution < 1.29 is 19.1 Å². The minimum atomic E-state index is -0.420. The van der Waals surface area contributed by atoms with Gasteiger partial charge in [0.1, 0.15) is 6.10 Å². The quantitative estimate of drug-likeness (QED) is 0.422. The lowest BCUT2D eigenvalue weighted by molar-refractivity contribution is -0.163. The maximum atomic E-state index is 11.5. The van der Waals surface area contributed by atoms with Gasteiger partial charge < -0.3 is 4.74 Å². The number of likely N-dealkylation sites (tertiary alicyclic amines) is 1. The molecule has 14 heavy (non-hydrogen) atoms. The van der Waals surface area contributed by atoms with Gasteiger partial charge >= 0.3 is 5.97 Å². The maximum absolute atomic E-state index is 11.5. The molecule has 0 N–H and O–H groups in total. The van der Waals surface area contributed by atoms with E-state index in [1.165, 1.54) is 14.0 Å². The summed E-state index contributed by atoms with van der Waals surface area (Å²) in [6, 6.07) is 0. The second kappa shape index (κ2) is 2.80. The van der Waals surface area contributed by atoms with Crippen molar-refractivity contribution in [1.29, 1.82) is 0 Å². The van der Waals surface area contributed by atoms with Crippen molar-refractivity contribution in [3.8, 4) is 0 Å². The van der Waals surface area contributed by atoms with Gasteiger partial charge in [0.05, 0.1) is 11.8 Å². The van der Waals surface area contributed by atoms with Crippen LogP contribution < -0.4 is 0 Å². The first kappa shape index (κ1) is 9.18. The third-order valence-corrected chi connectivity index (χ3v) is 2.90. The molecule has 2 rings (SSSR count). The maximum Gasteiger partial charge on any atom is 0.302 e. The van der Waals surface area contributed by atoms with Crippen LogP contribution in [-0.4, -0.2) is 35.8 Å². The van der Waals surface area contributed by atoms with E-state index in [0.717, 1.165) is 4.90 Å². The van der Waals surface area contributed by atoms with Crippen LogP contribution in [0.1, 0.15) is 13.3 Å². The Morgan fingerprint density at radius 3 is 2.57 bits per heavy atom. The van der Waals surface area contributed by atoms with Crippen molar-refractivity contribution >= 4 is 17.8 Å². The van der Waals surface area contributed by atoms with E-state index >= 15 is 0 Å². The summed E-state index contributed by atoms with van der Waals surface area (Å²) >= 11 is 0. The monoisotopic (exact) mass is 197 g/mol. The number of amides is 2. The Morgan fingerprint density at radius 2 is 2.07 bits per heavy atom. The third-order valence-electron chi connectivity index (χ3n) is 2.90. The van der Waals surface area contributed by atoms with Crippen LogP contribution in [0.25, 0.3) is 0 Å². The smallest absolute Gasteiger partial charge is 0.302 e. The zero-order valence-corrected chi connectivity index (χ0v) is 8.02. The summed E-state index contributed by atoms with van der Waals surface area (Å²) < 4.78 is 4.93. The van der Waals surface area contributed by atoms with Crippen molar-refractivity contribution in [3.05, 3.63) is 0 Å². The van der Waals surface area contributed by atoms with Crippen LogP contribution in [0.15, 0.2) is 0 Å². The van der Waals surface area contributed by atoms with Crippen LogP contribution in [0, 0.1) is 11.8 Å². The van der Waals surface area contributed by atoms with Crippen LogP contribution in [-0.2, 0) is 19.1 Å². The molecular formula is C9H11NO4. The van der Waals surface area contributed by atoms with E-state index in [0.29, 0.717) is 6.42 Å². The van der Waals surface area contributed by atoms with Crippen molar-refractivity contribution in [3.63, 3.8) is 0 Å². The Kier molecular flexibility index (Phi) is 1.83. The van der Waals surface area contributed by atoms with Crippen LogP contribution in [0.5, 0.6) is 0 Å². The van der Waals surface area contributed by atoms with Crippen LogP contribution in [0.4, 0.5) is 0 Å². The molecule has 1 saturated carbocycles. The SMILES string of the molecule is CC(=O)OC1CC2C(=O)N(C)C(=O)C12. The Hall–Kier alpha value is -1.39. The molecule has 0 aromatic carbocycles. The lowest BCUT2D eigenvalue weighted by Gasteiger charge is -2.35. The van der Waals surface area contributed by atoms with E-state index in [1.807, 2.05) is 0 Å². The number of carbonyl (C=O) groups excluding carboxylic acids is 3. The molecule has 0 aromatic heterocycles. The minimum absolute atomic E-state index is 0.150. The number of rotatable bonds is 1. The Bertz CT molecular complexity index is 325. The van der Waals surface area contributed by atoms with Gasteiger partial charge in [-0.1, -0.05) is 0 Å². The first-order valence-corrected chi connectivity index (χ1v) is 4.51. The molecule has 5 heteroatoms.